The quantitative estimate of drug-likeness (QED) is 0.357. The molecule has 3 aromatic rings. The minimum absolute atomic E-state index is 0.0473. The molecular formula is C28H37N3O4S. The van der Waals surface area contributed by atoms with Crippen LogP contribution in [-0.2, 0) is 28.7 Å². The van der Waals surface area contributed by atoms with E-state index in [2.05, 4.69) is 18.8 Å². The van der Waals surface area contributed by atoms with Gasteiger partial charge in [-0.2, -0.15) is 0 Å². The zero-order valence-corrected chi connectivity index (χ0v) is 22.9. The molecule has 194 valence electrons. The van der Waals surface area contributed by atoms with E-state index in [9.17, 15) is 13.2 Å². The number of aryl methyl sites for hydroxylation is 1. The summed E-state index contributed by atoms with van der Waals surface area (Å²) in [7, 11) is -2.13. The summed E-state index contributed by atoms with van der Waals surface area (Å²) in [6.45, 7) is 11.4. The van der Waals surface area contributed by atoms with Crippen LogP contribution in [0.25, 0.3) is 0 Å². The molecule has 0 saturated carbocycles. The van der Waals surface area contributed by atoms with Crippen LogP contribution >= 0.6 is 0 Å². The van der Waals surface area contributed by atoms with Gasteiger partial charge < -0.3 is 14.2 Å². The SMILES string of the molecule is COc1cccc(C(=O)N(Cc2cnc(S(=O)(=O)Cc3cccc(C)c3)n2CC(C)C)CC(C)C)c1. The zero-order chi connectivity index (χ0) is 26.5. The fourth-order valence-corrected chi connectivity index (χ4v) is 5.70. The fraction of sp³-hybridized carbons (Fsp3) is 0.429. The first kappa shape index (κ1) is 27.5. The Morgan fingerprint density at radius 3 is 2.42 bits per heavy atom. The number of sulfone groups is 1. The largest absolute Gasteiger partial charge is 0.497 e. The summed E-state index contributed by atoms with van der Waals surface area (Å²) in [5.41, 5.74) is 2.96. The Morgan fingerprint density at radius 2 is 1.78 bits per heavy atom. The van der Waals surface area contributed by atoms with Crippen LogP contribution in [0.3, 0.4) is 0 Å². The molecule has 0 unspecified atom stereocenters. The summed E-state index contributed by atoms with van der Waals surface area (Å²) in [5.74, 6) is 0.773. The van der Waals surface area contributed by atoms with E-state index >= 15 is 0 Å². The van der Waals surface area contributed by atoms with E-state index in [1.807, 2.05) is 45.0 Å². The van der Waals surface area contributed by atoms with Crippen molar-refractivity contribution in [2.45, 2.75) is 58.6 Å². The Balaban J connectivity index is 1.97. The van der Waals surface area contributed by atoms with Gasteiger partial charge in [0.25, 0.3) is 5.91 Å². The number of benzene rings is 2. The van der Waals surface area contributed by atoms with E-state index in [-0.39, 0.29) is 35.2 Å². The molecule has 0 spiro atoms. The second-order valence-corrected chi connectivity index (χ2v) is 12.0. The van der Waals surface area contributed by atoms with Crippen molar-refractivity contribution in [3.63, 3.8) is 0 Å². The normalized spacial score (nSPS) is 11.8. The van der Waals surface area contributed by atoms with Crippen LogP contribution in [0.2, 0.25) is 0 Å². The number of carbonyl (C=O) groups is 1. The topological polar surface area (TPSA) is 81.5 Å². The minimum atomic E-state index is -3.69. The lowest BCUT2D eigenvalue weighted by atomic mass is 10.1. The molecule has 0 atom stereocenters. The number of hydrogen-bond acceptors (Lipinski definition) is 5. The highest BCUT2D eigenvalue weighted by atomic mass is 32.2. The molecule has 0 fully saturated rings. The average Bonchev–Trinajstić information content (AvgIpc) is 3.20. The van der Waals surface area contributed by atoms with Crippen molar-refractivity contribution < 1.29 is 17.9 Å². The Morgan fingerprint density at radius 1 is 1.06 bits per heavy atom. The zero-order valence-electron chi connectivity index (χ0n) is 22.1. The number of methoxy groups -OCH3 is 1. The number of aromatic nitrogens is 2. The Kier molecular flexibility index (Phi) is 8.95. The molecule has 0 saturated heterocycles. The maximum atomic E-state index is 13.5. The number of rotatable bonds is 11. The predicted molar refractivity (Wildman–Crippen MR) is 142 cm³/mol. The predicted octanol–water partition coefficient (Wildman–Crippen LogP) is 5.13. The summed E-state index contributed by atoms with van der Waals surface area (Å²) in [5, 5.41) is 0.0473. The Hall–Kier alpha value is -3.13. The maximum Gasteiger partial charge on any atom is 0.254 e. The first-order chi connectivity index (χ1) is 17.0. The number of hydrogen-bond donors (Lipinski definition) is 0. The highest BCUT2D eigenvalue weighted by Crippen LogP contribution is 2.22. The van der Waals surface area contributed by atoms with Gasteiger partial charge in [0, 0.05) is 18.7 Å². The summed E-state index contributed by atoms with van der Waals surface area (Å²) in [6.07, 6.45) is 1.59. The number of carbonyl (C=O) groups excluding carboxylic acids is 1. The molecule has 0 aliphatic rings. The standard InChI is InChI=1S/C28H37N3O4S/c1-20(2)16-30(27(32)24-11-8-12-26(14-24)35-6)18-25-15-29-28(31(25)17-21(3)4)36(33,34)19-23-10-7-9-22(5)13-23/h7-15,20-21H,16-19H2,1-6H3. The molecule has 1 aromatic heterocycles. The van der Waals surface area contributed by atoms with E-state index < -0.39 is 9.84 Å². The van der Waals surface area contributed by atoms with Crippen molar-refractivity contribution >= 4 is 15.7 Å². The third-order valence-electron chi connectivity index (χ3n) is 5.71. The summed E-state index contributed by atoms with van der Waals surface area (Å²) in [6, 6.07) is 14.6. The van der Waals surface area contributed by atoms with Crippen LogP contribution in [0.1, 0.15) is 54.9 Å². The van der Waals surface area contributed by atoms with Crippen LogP contribution < -0.4 is 4.74 Å². The van der Waals surface area contributed by atoms with Crippen LogP contribution in [-0.4, -0.2) is 42.4 Å². The molecule has 36 heavy (non-hydrogen) atoms. The van der Waals surface area contributed by atoms with E-state index in [4.69, 9.17) is 4.74 Å². The molecule has 0 aliphatic heterocycles. The van der Waals surface area contributed by atoms with Gasteiger partial charge in [0.2, 0.25) is 15.0 Å². The molecule has 7 nitrogen and oxygen atoms in total. The van der Waals surface area contributed by atoms with Crippen molar-refractivity contribution in [1.82, 2.24) is 14.5 Å². The second kappa shape index (κ2) is 11.7. The van der Waals surface area contributed by atoms with Crippen molar-refractivity contribution in [2.75, 3.05) is 13.7 Å². The van der Waals surface area contributed by atoms with E-state index in [1.165, 1.54) is 0 Å². The van der Waals surface area contributed by atoms with Crippen LogP contribution in [0.4, 0.5) is 0 Å². The first-order valence-electron chi connectivity index (χ1n) is 12.3. The number of imidazole rings is 1. The molecular weight excluding hydrogens is 474 g/mol. The third-order valence-corrected chi connectivity index (χ3v) is 7.30. The molecule has 0 N–H and O–H groups in total. The van der Waals surface area contributed by atoms with E-state index in [0.717, 1.165) is 11.1 Å². The van der Waals surface area contributed by atoms with Gasteiger partial charge in [-0.1, -0.05) is 63.6 Å². The average molecular weight is 512 g/mol. The minimum Gasteiger partial charge on any atom is -0.497 e. The number of nitrogens with zero attached hydrogens (tertiary/aromatic N) is 3. The second-order valence-electron chi connectivity index (χ2n) is 10.1. The van der Waals surface area contributed by atoms with Crippen molar-refractivity contribution in [2.24, 2.45) is 11.8 Å². The summed E-state index contributed by atoms with van der Waals surface area (Å²) in [4.78, 5) is 19.6. The lowest BCUT2D eigenvalue weighted by Gasteiger charge is -2.26. The molecule has 8 heteroatoms. The van der Waals surface area contributed by atoms with Gasteiger partial charge in [0.05, 0.1) is 31.3 Å². The first-order valence-corrected chi connectivity index (χ1v) is 13.9. The van der Waals surface area contributed by atoms with Crippen molar-refractivity contribution in [3.05, 3.63) is 77.1 Å². The molecule has 0 bridgehead atoms. The summed E-state index contributed by atoms with van der Waals surface area (Å²) < 4.78 is 33.9. The van der Waals surface area contributed by atoms with Gasteiger partial charge in [-0.25, -0.2) is 13.4 Å². The molecule has 1 heterocycles. The molecule has 0 aliphatic carbocycles. The number of ether oxygens (including phenoxy) is 1. The maximum absolute atomic E-state index is 13.5. The highest BCUT2D eigenvalue weighted by molar-refractivity contribution is 7.90. The van der Waals surface area contributed by atoms with Gasteiger partial charge in [-0.15, -0.1) is 0 Å². The van der Waals surface area contributed by atoms with E-state index in [1.54, 1.807) is 47.0 Å². The van der Waals surface area contributed by atoms with Gasteiger partial charge in [-0.3, -0.25) is 4.79 Å². The van der Waals surface area contributed by atoms with Gasteiger partial charge in [0.1, 0.15) is 5.75 Å². The van der Waals surface area contributed by atoms with Crippen LogP contribution in [0.5, 0.6) is 5.75 Å². The molecule has 3 rings (SSSR count). The van der Waals surface area contributed by atoms with Crippen LogP contribution in [0, 0.1) is 18.8 Å². The molecule has 0 radical (unpaired) electrons. The fourth-order valence-electron chi connectivity index (χ4n) is 4.21. The lowest BCUT2D eigenvalue weighted by Crippen LogP contribution is -2.34. The number of amides is 1. The summed E-state index contributed by atoms with van der Waals surface area (Å²) >= 11 is 0. The Labute approximate surface area is 215 Å². The monoisotopic (exact) mass is 511 g/mol. The lowest BCUT2D eigenvalue weighted by molar-refractivity contribution is 0.0717. The Bertz CT molecular complexity index is 1300. The highest BCUT2D eigenvalue weighted by Gasteiger charge is 2.27. The molecule has 2 aromatic carbocycles. The van der Waals surface area contributed by atoms with Gasteiger partial charge in [-0.05, 0) is 42.5 Å². The van der Waals surface area contributed by atoms with Crippen molar-refractivity contribution in [1.29, 1.82) is 0 Å². The van der Waals surface area contributed by atoms with Gasteiger partial charge >= 0.3 is 0 Å². The molecule has 1 amide bonds. The smallest absolute Gasteiger partial charge is 0.254 e. The van der Waals surface area contributed by atoms with E-state index in [0.29, 0.717) is 30.1 Å². The van der Waals surface area contributed by atoms with Gasteiger partial charge in [0.15, 0.2) is 0 Å². The van der Waals surface area contributed by atoms with Crippen LogP contribution in [0.15, 0.2) is 59.9 Å². The third kappa shape index (κ3) is 6.97. The van der Waals surface area contributed by atoms with Crippen molar-refractivity contribution in [3.8, 4) is 5.75 Å².